The summed E-state index contributed by atoms with van der Waals surface area (Å²) in [7, 11) is -2.27. The quantitative estimate of drug-likeness (QED) is 0.927. The van der Waals surface area contributed by atoms with E-state index in [1.807, 2.05) is 6.07 Å². The van der Waals surface area contributed by atoms with Crippen LogP contribution >= 0.6 is 0 Å². The van der Waals surface area contributed by atoms with Gasteiger partial charge in [-0.2, -0.15) is 5.10 Å². The number of hydrogen-bond acceptors (Lipinski definition) is 4. The highest BCUT2D eigenvalue weighted by molar-refractivity contribution is 7.90. The van der Waals surface area contributed by atoms with Crippen LogP contribution in [0.3, 0.4) is 0 Å². The normalized spacial score (nSPS) is 14.3. The van der Waals surface area contributed by atoms with E-state index in [4.69, 9.17) is 0 Å². The van der Waals surface area contributed by atoms with Crippen LogP contribution < -0.4 is 4.72 Å². The number of carbonyl (C=O) groups excluding carboxylic acids is 1. The summed E-state index contributed by atoms with van der Waals surface area (Å²) in [5.74, 6) is -0.577. The maximum Gasteiger partial charge on any atom is 0.267 e. The summed E-state index contributed by atoms with van der Waals surface area (Å²) in [4.78, 5) is 12.5. The first-order valence-electron chi connectivity index (χ1n) is 7.56. The van der Waals surface area contributed by atoms with E-state index in [9.17, 15) is 13.2 Å². The first-order chi connectivity index (χ1) is 10.9. The standard InChI is InChI=1S/C16H19N3O3S/c1-11-15(10-17-19(11)2)23(21,22)18-16(20)14-9-5-7-12-6-3-4-8-13(12)14/h5,7,9-10H,3-4,6,8H2,1-2H3,(H,18,20). The third-order valence-electron chi connectivity index (χ3n) is 4.35. The highest BCUT2D eigenvalue weighted by Gasteiger charge is 2.25. The lowest BCUT2D eigenvalue weighted by atomic mass is 9.88. The summed E-state index contributed by atoms with van der Waals surface area (Å²) >= 11 is 0. The molecule has 0 saturated carbocycles. The number of nitrogens with one attached hydrogen (secondary N) is 1. The SMILES string of the molecule is Cc1c(S(=O)(=O)NC(=O)c2cccc3c2CCCC3)cnn1C. The third kappa shape index (κ3) is 2.88. The molecule has 0 bridgehead atoms. The molecule has 7 heteroatoms. The van der Waals surface area contributed by atoms with Crippen molar-refractivity contribution in [3.05, 3.63) is 46.8 Å². The van der Waals surface area contributed by atoms with Gasteiger partial charge in [0.2, 0.25) is 0 Å². The molecule has 2 aromatic rings. The van der Waals surface area contributed by atoms with Crippen molar-refractivity contribution < 1.29 is 13.2 Å². The first kappa shape index (κ1) is 15.7. The molecule has 1 amide bonds. The Morgan fingerprint density at radius 3 is 2.70 bits per heavy atom. The van der Waals surface area contributed by atoms with Gasteiger partial charge in [-0.1, -0.05) is 12.1 Å². The van der Waals surface area contributed by atoms with Gasteiger partial charge in [-0.15, -0.1) is 0 Å². The Morgan fingerprint density at radius 1 is 1.26 bits per heavy atom. The molecule has 1 N–H and O–H groups in total. The molecular formula is C16H19N3O3S. The molecule has 0 saturated heterocycles. The maximum atomic E-state index is 12.5. The Balaban J connectivity index is 1.92. The molecule has 0 unspecified atom stereocenters. The zero-order valence-corrected chi connectivity index (χ0v) is 14.0. The summed E-state index contributed by atoms with van der Waals surface area (Å²) in [6, 6.07) is 5.50. The van der Waals surface area contributed by atoms with Crippen LogP contribution in [0, 0.1) is 6.92 Å². The third-order valence-corrected chi connectivity index (χ3v) is 5.78. The average Bonchev–Trinajstić information content (AvgIpc) is 2.86. The molecule has 1 aromatic heterocycles. The minimum Gasteiger partial charge on any atom is -0.272 e. The monoisotopic (exact) mass is 333 g/mol. The van der Waals surface area contributed by atoms with E-state index in [0.29, 0.717) is 11.3 Å². The number of fused-ring (bicyclic) bond motifs is 1. The second kappa shape index (κ2) is 5.81. The molecule has 0 atom stereocenters. The van der Waals surface area contributed by atoms with Gasteiger partial charge >= 0.3 is 0 Å². The highest BCUT2D eigenvalue weighted by atomic mass is 32.2. The predicted octanol–water partition coefficient (Wildman–Crippen LogP) is 1.73. The zero-order valence-electron chi connectivity index (χ0n) is 13.2. The van der Waals surface area contributed by atoms with Crippen molar-refractivity contribution in [1.82, 2.24) is 14.5 Å². The molecule has 1 aliphatic carbocycles. The zero-order chi connectivity index (χ0) is 16.6. The van der Waals surface area contributed by atoms with Crippen molar-refractivity contribution in [3.8, 4) is 0 Å². The number of hydrogen-bond donors (Lipinski definition) is 1. The van der Waals surface area contributed by atoms with Crippen LogP contribution in [0.5, 0.6) is 0 Å². The van der Waals surface area contributed by atoms with Crippen LogP contribution in [0.15, 0.2) is 29.3 Å². The lowest BCUT2D eigenvalue weighted by Crippen LogP contribution is -2.32. The van der Waals surface area contributed by atoms with Gasteiger partial charge in [0.15, 0.2) is 0 Å². The number of aromatic nitrogens is 2. The fourth-order valence-corrected chi connectivity index (χ4v) is 4.14. The van der Waals surface area contributed by atoms with Crippen LogP contribution in [0.25, 0.3) is 0 Å². The molecule has 3 rings (SSSR count). The van der Waals surface area contributed by atoms with Crippen molar-refractivity contribution >= 4 is 15.9 Å². The van der Waals surface area contributed by atoms with Crippen molar-refractivity contribution in [2.45, 2.75) is 37.5 Å². The highest BCUT2D eigenvalue weighted by Crippen LogP contribution is 2.25. The second-order valence-corrected chi connectivity index (χ2v) is 7.45. The van der Waals surface area contributed by atoms with Gasteiger partial charge in [-0.05, 0) is 49.8 Å². The minimum atomic E-state index is -3.93. The molecule has 23 heavy (non-hydrogen) atoms. The van der Waals surface area contributed by atoms with Crippen LogP contribution in [-0.2, 0) is 29.9 Å². The van der Waals surface area contributed by atoms with Crippen molar-refractivity contribution in [2.24, 2.45) is 7.05 Å². The van der Waals surface area contributed by atoms with Gasteiger partial charge in [-0.3, -0.25) is 9.48 Å². The predicted molar refractivity (Wildman–Crippen MR) is 85.7 cm³/mol. The van der Waals surface area contributed by atoms with Gasteiger partial charge in [0.25, 0.3) is 15.9 Å². The van der Waals surface area contributed by atoms with Gasteiger partial charge in [0.05, 0.1) is 11.9 Å². The molecule has 0 spiro atoms. The van der Waals surface area contributed by atoms with Crippen LogP contribution in [0.4, 0.5) is 0 Å². The number of amides is 1. The van der Waals surface area contributed by atoms with Crippen molar-refractivity contribution in [1.29, 1.82) is 0 Å². The Hall–Kier alpha value is -2.15. The molecule has 0 fully saturated rings. The fraction of sp³-hybridized carbons (Fsp3) is 0.375. The molecule has 0 aliphatic heterocycles. The number of benzene rings is 1. The Morgan fingerprint density at radius 2 is 2.00 bits per heavy atom. The largest absolute Gasteiger partial charge is 0.272 e. The summed E-state index contributed by atoms with van der Waals surface area (Å²) in [6.07, 6.45) is 5.12. The van der Waals surface area contributed by atoms with Crippen molar-refractivity contribution in [3.63, 3.8) is 0 Å². The Kier molecular flexibility index (Phi) is 3.97. The van der Waals surface area contributed by atoms with E-state index in [1.165, 1.54) is 10.9 Å². The van der Waals surface area contributed by atoms with E-state index >= 15 is 0 Å². The minimum absolute atomic E-state index is 0.0261. The molecule has 1 heterocycles. The van der Waals surface area contributed by atoms with Gasteiger partial charge in [0, 0.05) is 12.6 Å². The number of nitrogens with zero attached hydrogens (tertiary/aromatic N) is 2. The van der Waals surface area contributed by atoms with Crippen LogP contribution in [-0.4, -0.2) is 24.1 Å². The summed E-state index contributed by atoms with van der Waals surface area (Å²) in [5, 5.41) is 3.92. The maximum absolute atomic E-state index is 12.5. The molecule has 1 aliphatic rings. The fourth-order valence-electron chi connectivity index (χ4n) is 2.97. The molecular weight excluding hydrogens is 314 g/mol. The summed E-state index contributed by atoms with van der Waals surface area (Å²) < 4.78 is 28.5. The number of aryl methyl sites for hydroxylation is 2. The van der Waals surface area contributed by atoms with E-state index in [-0.39, 0.29) is 4.90 Å². The molecule has 122 valence electrons. The summed E-state index contributed by atoms with van der Waals surface area (Å²) in [6.45, 7) is 1.65. The number of carbonyl (C=O) groups is 1. The molecule has 1 aromatic carbocycles. The van der Waals surface area contributed by atoms with Crippen LogP contribution in [0.1, 0.15) is 40.0 Å². The smallest absolute Gasteiger partial charge is 0.267 e. The Bertz CT molecular complexity index is 869. The molecule has 0 radical (unpaired) electrons. The average molecular weight is 333 g/mol. The second-order valence-electron chi connectivity index (χ2n) is 5.80. The topological polar surface area (TPSA) is 81.1 Å². The first-order valence-corrected chi connectivity index (χ1v) is 9.05. The van der Waals surface area contributed by atoms with E-state index < -0.39 is 15.9 Å². The van der Waals surface area contributed by atoms with E-state index in [1.54, 1.807) is 26.1 Å². The van der Waals surface area contributed by atoms with Gasteiger partial charge in [-0.25, -0.2) is 13.1 Å². The summed E-state index contributed by atoms with van der Waals surface area (Å²) in [5.41, 5.74) is 3.04. The van der Waals surface area contributed by atoms with Crippen LogP contribution in [0.2, 0.25) is 0 Å². The van der Waals surface area contributed by atoms with Crippen molar-refractivity contribution in [2.75, 3.05) is 0 Å². The molecule has 6 nitrogen and oxygen atoms in total. The Labute approximate surface area is 135 Å². The lowest BCUT2D eigenvalue weighted by molar-refractivity contribution is 0.0980. The van der Waals surface area contributed by atoms with Gasteiger partial charge in [0.1, 0.15) is 4.90 Å². The number of sulfonamides is 1. The van der Waals surface area contributed by atoms with E-state index in [0.717, 1.165) is 36.8 Å². The number of rotatable bonds is 3. The van der Waals surface area contributed by atoms with Gasteiger partial charge < -0.3 is 0 Å². The van der Waals surface area contributed by atoms with E-state index in [2.05, 4.69) is 9.82 Å². The lowest BCUT2D eigenvalue weighted by Gasteiger charge is -2.18.